The highest BCUT2D eigenvalue weighted by Crippen LogP contribution is 2.27. The summed E-state index contributed by atoms with van der Waals surface area (Å²) in [7, 11) is -1.86. The van der Waals surface area contributed by atoms with Crippen LogP contribution in [0.5, 0.6) is 0 Å². The highest BCUT2D eigenvalue weighted by atomic mass is 28.4. The van der Waals surface area contributed by atoms with E-state index in [-0.39, 0.29) is 6.29 Å². The third-order valence-electron chi connectivity index (χ3n) is 2.25. The van der Waals surface area contributed by atoms with E-state index in [4.69, 9.17) is 13.6 Å². The summed E-state index contributed by atoms with van der Waals surface area (Å²) in [6, 6.07) is 1.10. The van der Waals surface area contributed by atoms with E-state index < -0.39 is 8.56 Å². The second-order valence-electron chi connectivity index (χ2n) is 3.46. The van der Waals surface area contributed by atoms with Crippen molar-refractivity contribution in [2.24, 2.45) is 0 Å². The summed E-state index contributed by atoms with van der Waals surface area (Å²) in [6.45, 7) is 7.62. The Labute approximate surface area is 81.6 Å². The highest BCUT2D eigenvalue weighted by molar-refractivity contribution is 6.66. The summed E-state index contributed by atoms with van der Waals surface area (Å²) in [5.41, 5.74) is 0. The maximum atomic E-state index is 5.85. The third kappa shape index (κ3) is 3.38. The molecule has 0 bridgehead atoms. The summed E-state index contributed by atoms with van der Waals surface area (Å²) in [4.78, 5) is 0. The molecule has 1 saturated heterocycles. The molecule has 2 unspecified atom stereocenters. The molecule has 0 N–H and O–H groups in total. The third-order valence-corrected chi connectivity index (χ3v) is 5.18. The van der Waals surface area contributed by atoms with E-state index in [1.54, 1.807) is 0 Å². The van der Waals surface area contributed by atoms with Crippen molar-refractivity contribution in [3.63, 3.8) is 0 Å². The molecule has 3 nitrogen and oxygen atoms in total. The van der Waals surface area contributed by atoms with E-state index in [1.165, 1.54) is 6.42 Å². The van der Waals surface area contributed by atoms with Crippen LogP contribution in [0.15, 0.2) is 0 Å². The lowest BCUT2D eigenvalue weighted by Crippen LogP contribution is -2.46. The Bertz CT molecular complexity index is 148. The van der Waals surface area contributed by atoms with Gasteiger partial charge in [-0.1, -0.05) is 0 Å². The second-order valence-corrected chi connectivity index (χ2v) is 6.75. The smallest absolute Gasteiger partial charge is 0.336 e. The number of ether oxygens (including phenoxy) is 1. The molecular formula is C9H20O3Si. The highest BCUT2D eigenvalue weighted by Gasteiger charge is 2.37. The minimum Gasteiger partial charge on any atom is -0.395 e. The molecule has 2 atom stereocenters. The first-order valence-corrected chi connectivity index (χ1v) is 7.66. The second kappa shape index (κ2) is 5.10. The van der Waals surface area contributed by atoms with Gasteiger partial charge < -0.3 is 13.6 Å². The molecule has 13 heavy (non-hydrogen) atoms. The molecule has 0 aromatic rings. The van der Waals surface area contributed by atoms with E-state index in [1.807, 2.05) is 13.8 Å². The molecule has 1 heterocycles. The number of rotatable bonds is 4. The minimum absolute atomic E-state index is 0.0121. The van der Waals surface area contributed by atoms with Gasteiger partial charge in [0.25, 0.3) is 0 Å². The van der Waals surface area contributed by atoms with Crippen LogP contribution in [0, 0.1) is 0 Å². The zero-order valence-corrected chi connectivity index (χ0v) is 9.84. The minimum atomic E-state index is -1.86. The molecule has 0 aromatic heterocycles. The molecule has 78 valence electrons. The van der Waals surface area contributed by atoms with Gasteiger partial charge in [-0.2, -0.15) is 0 Å². The Morgan fingerprint density at radius 3 is 2.77 bits per heavy atom. The van der Waals surface area contributed by atoms with Gasteiger partial charge in [0.05, 0.1) is 0 Å². The summed E-state index contributed by atoms with van der Waals surface area (Å²) in [6.07, 6.45) is 2.18. The standard InChI is InChI=1S/C9H20O3Si/c1-4-10-9-7-6-8-13(3,12-9)11-5-2/h9H,4-8H2,1-3H3. The fourth-order valence-electron chi connectivity index (χ4n) is 1.70. The normalized spacial score (nSPS) is 34.8. The van der Waals surface area contributed by atoms with E-state index in [9.17, 15) is 0 Å². The molecule has 0 saturated carbocycles. The first kappa shape index (κ1) is 11.2. The van der Waals surface area contributed by atoms with Crippen molar-refractivity contribution < 1.29 is 13.6 Å². The lowest BCUT2D eigenvalue weighted by Gasteiger charge is -2.35. The molecule has 4 heteroatoms. The molecular weight excluding hydrogens is 184 g/mol. The molecule has 1 rings (SSSR count). The van der Waals surface area contributed by atoms with Gasteiger partial charge in [-0.3, -0.25) is 0 Å². The topological polar surface area (TPSA) is 27.7 Å². The van der Waals surface area contributed by atoms with E-state index in [2.05, 4.69) is 6.55 Å². The molecule has 0 amide bonds. The van der Waals surface area contributed by atoms with Crippen molar-refractivity contribution in [2.45, 2.75) is 45.6 Å². The Kier molecular flexibility index (Phi) is 4.38. The first-order chi connectivity index (χ1) is 6.20. The Hall–Kier alpha value is 0.0969. The Morgan fingerprint density at radius 1 is 1.38 bits per heavy atom. The fourth-order valence-corrected chi connectivity index (χ4v) is 4.23. The first-order valence-electron chi connectivity index (χ1n) is 5.13. The predicted octanol–water partition coefficient (Wildman–Crippen LogP) is 2.27. The molecule has 1 aliphatic rings. The van der Waals surface area contributed by atoms with Gasteiger partial charge in [-0.25, -0.2) is 0 Å². The van der Waals surface area contributed by atoms with Crippen LogP contribution in [0.1, 0.15) is 26.7 Å². The van der Waals surface area contributed by atoms with Crippen LogP contribution in [-0.4, -0.2) is 28.1 Å². The molecule has 0 radical (unpaired) electrons. The van der Waals surface area contributed by atoms with Gasteiger partial charge in [0, 0.05) is 13.2 Å². The summed E-state index contributed by atoms with van der Waals surface area (Å²) < 4.78 is 17.0. The van der Waals surface area contributed by atoms with Crippen molar-refractivity contribution in [1.29, 1.82) is 0 Å². The molecule has 1 fully saturated rings. The van der Waals surface area contributed by atoms with Gasteiger partial charge in [-0.05, 0) is 39.3 Å². The van der Waals surface area contributed by atoms with Gasteiger partial charge in [0.15, 0.2) is 0 Å². The maximum absolute atomic E-state index is 5.85. The van der Waals surface area contributed by atoms with Crippen LogP contribution < -0.4 is 0 Å². The monoisotopic (exact) mass is 204 g/mol. The molecule has 0 aliphatic carbocycles. The summed E-state index contributed by atoms with van der Waals surface area (Å²) in [5.74, 6) is 0. The van der Waals surface area contributed by atoms with Crippen LogP contribution in [0.4, 0.5) is 0 Å². The van der Waals surface area contributed by atoms with Crippen molar-refractivity contribution in [2.75, 3.05) is 13.2 Å². The molecule has 0 spiro atoms. The van der Waals surface area contributed by atoms with Crippen LogP contribution >= 0.6 is 0 Å². The lowest BCUT2D eigenvalue weighted by molar-refractivity contribution is -0.108. The quantitative estimate of drug-likeness (QED) is 0.657. The van der Waals surface area contributed by atoms with Crippen LogP contribution in [-0.2, 0) is 13.6 Å². The number of hydrogen-bond acceptors (Lipinski definition) is 3. The SMILES string of the molecule is CCOC1CCC[Si](C)(OCC)O1. The summed E-state index contributed by atoms with van der Waals surface area (Å²) >= 11 is 0. The fraction of sp³-hybridized carbons (Fsp3) is 1.00. The maximum Gasteiger partial charge on any atom is 0.336 e. The summed E-state index contributed by atoms with van der Waals surface area (Å²) in [5, 5.41) is 0. The van der Waals surface area contributed by atoms with Gasteiger partial charge >= 0.3 is 8.56 Å². The van der Waals surface area contributed by atoms with E-state index in [0.29, 0.717) is 0 Å². The van der Waals surface area contributed by atoms with Gasteiger partial charge in [0.2, 0.25) is 0 Å². The van der Waals surface area contributed by atoms with Crippen LogP contribution in [0.2, 0.25) is 12.6 Å². The molecule has 1 aliphatic heterocycles. The van der Waals surface area contributed by atoms with Crippen molar-refractivity contribution in [3.8, 4) is 0 Å². The van der Waals surface area contributed by atoms with Crippen molar-refractivity contribution in [1.82, 2.24) is 0 Å². The number of hydrogen-bond donors (Lipinski definition) is 0. The zero-order chi connectivity index (χ0) is 9.73. The zero-order valence-electron chi connectivity index (χ0n) is 8.84. The average Bonchev–Trinajstić information content (AvgIpc) is 2.04. The predicted molar refractivity (Wildman–Crippen MR) is 53.8 cm³/mol. The lowest BCUT2D eigenvalue weighted by atomic mass is 10.3. The Balaban J connectivity index is 2.39. The van der Waals surface area contributed by atoms with Crippen LogP contribution in [0.3, 0.4) is 0 Å². The van der Waals surface area contributed by atoms with Crippen molar-refractivity contribution in [3.05, 3.63) is 0 Å². The van der Waals surface area contributed by atoms with E-state index in [0.717, 1.165) is 25.7 Å². The van der Waals surface area contributed by atoms with Crippen molar-refractivity contribution >= 4 is 8.56 Å². The average molecular weight is 204 g/mol. The van der Waals surface area contributed by atoms with E-state index >= 15 is 0 Å². The largest absolute Gasteiger partial charge is 0.395 e. The Morgan fingerprint density at radius 2 is 2.15 bits per heavy atom. The van der Waals surface area contributed by atoms with Gasteiger partial charge in [-0.15, -0.1) is 0 Å². The van der Waals surface area contributed by atoms with Crippen LogP contribution in [0.25, 0.3) is 0 Å². The van der Waals surface area contributed by atoms with Gasteiger partial charge in [0.1, 0.15) is 6.29 Å². The molecule has 0 aromatic carbocycles.